The van der Waals surface area contributed by atoms with E-state index in [1.165, 1.54) is 6.92 Å². The Morgan fingerprint density at radius 2 is 0.651 bits per heavy atom. The number of hydrogen-bond acceptors (Lipinski definition) is 35. The molecule has 7 rings (SSSR count). The zero-order chi connectivity index (χ0) is 61.2. The number of hydrogen-bond donors (Lipinski definition) is 22. The first-order valence-corrected chi connectivity index (χ1v) is 26.5. The Labute approximate surface area is 470 Å². The summed E-state index contributed by atoms with van der Waals surface area (Å²) in [5.41, 5.74) is 0. The molecule has 7 saturated heterocycles. The van der Waals surface area contributed by atoms with Gasteiger partial charge in [0, 0.05) is 13.8 Å². The number of rotatable bonds is 20. The summed E-state index contributed by atoms with van der Waals surface area (Å²) >= 11 is 0. The second-order valence-electron chi connectivity index (χ2n) is 21.0. The Hall–Kier alpha value is -2.38. The van der Waals surface area contributed by atoms with Gasteiger partial charge in [-0.25, -0.2) is 0 Å². The highest BCUT2D eigenvalue weighted by molar-refractivity contribution is 5.73. The van der Waals surface area contributed by atoms with E-state index in [-0.39, 0.29) is 0 Å². The summed E-state index contributed by atoms with van der Waals surface area (Å²) in [5, 5.41) is 221. The van der Waals surface area contributed by atoms with Crippen LogP contribution in [0.1, 0.15) is 20.8 Å². The van der Waals surface area contributed by atoms with Crippen molar-refractivity contribution in [3.63, 3.8) is 0 Å². The van der Waals surface area contributed by atoms with Gasteiger partial charge in [-0.05, 0) is 6.92 Å². The van der Waals surface area contributed by atoms with E-state index >= 15 is 0 Å². The molecule has 7 heterocycles. The quantitative estimate of drug-likeness (QED) is 0.0538. The van der Waals surface area contributed by atoms with E-state index in [9.17, 15) is 112 Å². The fraction of sp³-hybridized carbons (Fsp3) is 0.957. The summed E-state index contributed by atoms with van der Waals surface area (Å²) < 4.78 is 75.7. The highest BCUT2D eigenvalue weighted by Crippen LogP contribution is 2.39. The van der Waals surface area contributed by atoms with Gasteiger partial charge in [0.25, 0.3) is 0 Å². The van der Waals surface area contributed by atoms with Gasteiger partial charge >= 0.3 is 0 Å². The van der Waals surface area contributed by atoms with Crippen molar-refractivity contribution in [2.24, 2.45) is 0 Å². The Morgan fingerprint density at radius 1 is 0.313 bits per heavy atom. The molecule has 7 aliphatic rings. The number of carbonyl (C=O) groups excluding carboxylic acids is 2. The van der Waals surface area contributed by atoms with Gasteiger partial charge in [-0.3, -0.25) is 9.59 Å². The second kappa shape index (κ2) is 29.3. The van der Waals surface area contributed by atoms with Crippen LogP contribution < -0.4 is 10.6 Å². The largest absolute Gasteiger partial charge is 0.394 e. The molecule has 0 aromatic heterocycles. The predicted molar refractivity (Wildman–Crippen MR) is 254 cm³/mol. The molecule has 482 valence electrons. The average Bonchev–Trinajstić information content (AvgIpc) is 3.32. The average molecular weight is 1220 g/mol. The molecule has 7 fully saturated rings. The zero-order valence-corrected chi connectivity index (χ0v) is 44.5. The highest BCUT2D eigenvalue weighted by Gasteiger charge is 2.60. The van der Waals surface area contributed by atoms with Gasteiger partial charge in [0.2, 0.25) is 11.8 Å². The Balaban J connectivity index is 1.20. The van der Waals surface area contributed by atoms with Gasteiger partial charge in [-0.1, -0.05) is 0 Å². The fourth-order valence-electron chi connectivity index (χ4n) is 10.7. The zero-order valence-electron chi connectivity index (χ0n) is 44.5. The monoisotopic (exact) mass is 1220 g/mol. The molecule has 83 heavy (non-hydrogen) atoms. The van der Waals surface area contributed by atoms with Crippen LogP contribution in [0.2, 0.25) is 0 Å². The molecule has 0 aromatic rings. The molecule has 37 heteroatoms. The lowest BCUT2D eigenvalue weighted by Gasteiger charge is -2.52. The molecule has 0 radical (unpaired) electrons. The van der Waals surface area contributed by atoms with E-state index in [0.29, 0.717) is 0 Å². The first-order chi connectivity index (χ1) is 39.2. The van der Waals surface area contributed by atoms with Gasteiger partial charge < -0.3 is 174 Å². The summed E-state index contributed by atoms with van der Waals surface area (Å²) in [7, 11) is 0. The van der Waals surface area contributed by atoms with Crippen LogP contribution in [0.3, 0.4) is 0 Å². The maximum Gasteiger partial charge on any atom is 0.217 e. The lowest BCUT2D eigenvalue weighted by molar-refractivity contribution is -0.396. The molecule has 0 aromatic carbocycles. The van der Waals surface area contributed by atoms with Gasteiger partial charge in [-0.2, -0.15) is 0 Å². The molecular weight excluding hydrogens is 1140 g/mol. The Kier molecular flexibility index (Phi) is 24.0. The third kappa shape index (κ3) is 14.5. The van der Waals surface area contributed by atoms with Gasteiger partial charge in [0.1, 0.15) is 165 Å². The molecule has 22 N–H and O–H groups in total. The third-order valence-corrected chi connectivity index (χ3v) is 15.3. The summed E-state index contributed by atoms with van der Waals surface area (Å²) in [6.07, 6.45) is -64.1. The highest BCUT2D eigenvalue weighted by atomic mass is 16.8. The molecule has 0 aliphatic carbocycles. The maximum atomic E-state index is 13.2. The van der Waals surface area contributed by atoms with Crippen LogP contribution in [-0.4, -0.2) is 368 Å². The van der Waals surface area contributed by atoms with Gasteiger partial charge in [-0.15, -0.1) is 0 Å². The summed E-state index contributed by atoms with van der Waals surface area (Å²) in [6, 6.07) is -3.71. The third-order valence-electron chi connectivity index (χ3n) is 15.3. The van der Waals surface area contributed by atoms with Crippen molar-refractivity contribution in [2.45, 2.75) is 236 Å². The molecule has 0 bridgehead atoms. The molecule has 0 saturated carbocycles. The smallest absolute Gasteiger partial charge is 0.217 e. The van der Waals surface area contributed by atoms with E-state index < -0.39 is 266 Å². The summed E-state index contributed by atoms with van der Waals surface area (Å²) in [6.45, 7) is -2.93. The Morgan fingerprint density at radius 3 is 1.12 bits per heavy atom. The van der Waals surface area contributed by atoms with Gasteiger partial charge in [0.15, 0.2) is 44.0 Å². The van der Waals surface area contributed by atoms with Crippen molar-refractivity contribution in [3.8, 4) is 0 Å². The summed E-state index contributed by atoms with van der Waals surface area (Å²) in [4.78, 5) is 25.8. The lowest BCUT2D eigenvalue weighted by atomic mass is 9.93. The van der Waals surface area contributed by atoms with Crippen LogP contribution in [-0.2, 0) is 71.2 Å². The molecule has 0 spiro atoms. The number of aliphatic hydroxyl groups excluding tert-OH is 20. The van der Waals surface area contributed by atoms with Crippen LogP contribution in [0, 0.1) is 0 Å². The minimum atomic E-state index is -2.33. The predicted octanol–water partition coefficient (Wildman–Crippen LogP) is -15.0. The van der Waals surface area contributed by atoms with Crippen LogP contribution in [0.4, 0.5) is 0 Å². The number of ether oxygens (including phenoxy) is 13. The standard InChI is InChI=1S/C46H78N2O35/c1-10-21(57)26(62)30(66)43(71-10)81-37-20(48-12(3)56)42(83-39-24(60)14(5-50)74-45(32(39)68)79-35-16(7-52)72-40(70)29(65)28(35)64)77-18(9-54)36(37)80-46-33(69)38(23(59)15(6-51)75-46)82-41-19(47-11(2)55)25(61)34(17(8-53)76-41)78-44-31(67)27(63)22(58)13(4-49)73-44/h10,13-46,49-54,57-70H,4-9H2,1-3H3,(H,47,55)(H,48,56)/t10?,13?,14?,15?,16?,17?,18?,19?,20?,21-,22+,23+,24+,25-,26+,27+,28-,29?,30?,31?,32?,33?,34-,35-,36-,37-,38+,39+,40?,41+,42+,43+,44+,45+,46+/m1/s1. The fourth-order valence-corrected chi connectivity index (χ4v) is 10.7. The minimum Gasteiger partial charge on any atom is -0.394 e. The van der Waals surface area contributed by atoms with E-state index in [4.69, 9.17) is 61.6 Å². The number of carbonyl (C=O) groups is 2. The lowest BCUT2D eigenvalue weighted by Crippen LogP contribution is -2.71. The van der Waals surface area contributed by atoms with Crippen molar-refractivity contribution < 1.29 is 173 Å². The maximum absolute atomic E-state index is 13.2. The number of amides is 2. The van der Waals surface area contributed by atoms with Crippen LogP contribution >= 0.6 is 0 Å². The number of nitrogens with one attached hydrogen (secondary N) is 2. The molecule has 15 unspecified atom stereocenters. The van der Waals surface area contributed by atoms with Crippen molar-refractivity contribution in [3.05, 3.63) is 0 Å². The van der Waals surface area contributed by atoms with Crippen molar-refractivity contribution in [1.82, 2.24) is 10.6 Å². The van der Waals surface area contributed by atoms with E-state index in [0.717, 1.165) is 13.8 Å². The van der Waals surface area contributed by atoms with Crippen LogP contribution in [0.15, 0.2) is 0 Å². The van der Waals surface area contributed by atoms with Crippen LogP contribution in [0.5, 0.6) is 0 Å². The van der Waals surface area contributed by atoms with Crippen molar-refractivity contribution >= 4 is 11.8 Å². The van der Waals surface area contributed by atoms with E-state index in [1.807, 2.05) is 0 Å². The first kappa shape index (κ1) is 68.1. The van der Waals surface area contributed by atoms with Crippen molar-refractivity contribution in [2.75, 3.05) is 39.6 Å². The molecule has 37 nitrogen and oxygen atoms in total. The second-order valence-corrected chi connectivity index (χ2v) is 21.0. The SMILES string of the molecule is CC(=O)NC1[C@H](O[C@@H]2C(O)[C@H](O[C@@H]3C(CO)O[C@@H](O[C@@H]4C(O)[C@H](O[C@@H]5C(CO)OC(O)C(O)[C@H]5O)OC(CO)[C@@H]4O)C(NC(C)=O)[C@H]3O[C@@H]3OC(C)[C@@H](O)[C@H](O)C3O)OC(CO)[C@@H]2O)OC(CO)[C@@H](O[C@@H]2OC(CO)[C@H](O)[C@H](O)C2O)[C@@H]1O. The van der Waals surface area contributed by atoms with Crippen LogP contribution in [0.25, 0.3) is 0 Å². The topological polar surface area (TPSA) is 583 Å². The molecule has 7 aliphatic heterocycles. The van der Waals surface area contributed by atoms with Crippen molar-refractivity contribution in [1.29, 1.82) is 0 Å². The van der Waals surface area contributed by atoms with E-state index in [1.54, 1.807) is 0 Å². The normalized spacial score (nSPS) is 50.8. The summed E-state index contributed by atoms with van der Waals surface area (Å²) in [5.74, 6) is -1.80. The number of aliphatic hydroxyl groups is 20. The van der Waals surface area contributed by atoms with E-state index in [2.05, 4.69) is 10.6 Å². The molecule has 35 atom stereocenters. The molecule has 2 amide bonds. The van der Waals surface area contributed by atoms with Gasteiger partial charge in [0.05, 0.1) is 45.7 Å². The minimum absolute atomic E-state index is 0.865. The molecular formula is C46H78N2O35. The first-order valence-electron chi connectivity index (χ1n) is 26.5. The Bertz CT molecular complexity index is 2040.